The Hall–Kier alpha value is -0.890. The SMILES string of the molecule is COc1ccc(CCl)cc1OCC(C)C. The molecule has 0 heterocycles. The summed E-state index contributed by atoms with van der Waals surface area (Å²) in [5.41, 5.74) is 1.04. The van der Waals surface area contributed by atoms with Crippen LogP contribution in [0, 0.1) is 5.92 Å². The molecular formula is C12H17ClO2. The summed E-state index contributed by atoms with van der Waals surface area (Å²) in [4.78, 5) is 0. The summed E-state index contributed by atoms with van der Waals surface area (Å²) in [6, 6.07) is 5.75. The van der Waals surface area contributed by atoms with Crippen molar-refractivity contribution < 1.29 is 9.47 Å². The van der Waals surface area contributed by atoms with Crippen LogP contribution >= 0.6 is 11.6 Å². The number of hydrogen-bond acceptors (Lipinski definition) is 2. The van der Waals surface area contributed by atoms with E-state index in [0.29, 0.717) is 18.4 Å². The normalized spacial score (nSPS) is 10.5. The van der Waals surface area contributed by atoms with Gasteiger partial charge in [-0.25, -0.2) is 0 Å². The molecule has 0 amide bonds. The predicted molar refractivity (Wildman–Crippen MR) is 62.9 cm³/mol. The van der Waals surface area contributed by atoms with Crippen LogP contribution in [0.3, 0.4) is 0 Å². The van der Waals surface area contributed by atoms with Crippen LogP contribution in [0.1, 0.15) is 19.4 Å². The van der Waals surface area contributed by atoms with E-state index in [0.717, 1.165) is 17.1 Å². The number of ether oxygens (including phenoxy) is 2. The smallest absolute Gasteiger partial charge is 0.161 e. The molecule has 0 aliphatic rings. The molecule has 0 spiro atoms. The van der Waals surface area contributed by atoms with Gasteiger partial charge in [-0.2, -0.15) is 0 Å². The standard InChI is InChI=1S/C12H17ClO2/c1-9(2)8-15-12-6-10(7-13)4-5-11(12)14-3/h4-6,9H,7-8H2,1-3H3. The van der Waals surface area contributed by atoms with Gasteiger partial charge in [0, 0.05) is 5.88 Å². The molecule has 0 aliphatic carbocycles. The fourth-order valence-corrected chi connectivity index (χ4v) is 1.34. The Morgan fingerprint density at radius 3 is 2.53 bits per heavy atom. The van der Waals surface area contributed by atoms with E-state index in [2.05, 4.69) is 13.8 Å². The van der Waals surface area contributed by atoms with Gasteiger partial charge in [0.15, 0.2) is 11.5 Å². The van der Waals surface area contributed by atoms with Gasteiger partial charge in [0.05, 0.1) is 13.7 Å². The lowest BCUT2D eigenvalue weighted by Gasteiger charge is -2.13. The van der Waals surface area contributed by atoms with Crippen molar-refractivity contribution in [3.05, 3.63) is 23.8 Å². The molecule has 3 heteroatoms. The van der Waals surface area contributed by atoms with Crippen LogP contribution in [-0.2, 0) is 5.88 Å². The van der Waals surface area contributed by atoms with E-state index in [1.165, 1.54) is 0 Å². The molecule has 1 aromatic rings. The third-order valence-corrected chi connectivity index (χ3v) is 2.26. The van der Waals surface area contributed by atoms with Gasteiger partial charge in [0.1, 0.15) is 0 Å². The summed E-state index contributed by atoms with van der Waals surface area (Å²) in [6.45, 7) is 4.90. The summed E-state index contributed by atoms with van der Waals surface area (Å²) in [5, 5.41) is 0. The lowest BCUT2D eigenvalue weighted by Crippen LogP contribution is -2.05. The maximum atomic E-state index is 5.76. The van der Waals surface area contributed by atoms with Crippen molar-refractivity contribution >= 4 is 11.6 Å². The van der Waals surface area contributed by atoms with Crippen molar-refractivity contribution in [1.82, 2.24) is 0 Å². The van der Waals surface area contributed by atoms with Gasteiger partial charge < -0.3 is 9.47 Å². The van der Waals surface area contributed by atoms with Gasteiger partial charge in [-0.3, -0.25) is 0 Å². The first-order valence-corrected chi connectivity index (χ1v) is 5.56. The van der Waals surface area contributed by atoms with E-state index >= 15 is 0 Å². The molecule has 0 saturated carbocycles. The van der Waals surface area contributed by atoms with Crippen LogP contribution in [0.25, 0.3) is 0 Å². The van der Waals surface area contributed by atoms with E-state index in [1.807, 2.05) is 18.2 Å². The third kappa shape index (κ3) is 3.63. The quantitative estimate of drug-likeness (QED) is 0.719. The van der Waals surface area contributed by atoms with E-state index in [9.17, 15) is 0 Å². The van der Waals surface area contributed by atoms with Crippen LogP contribution in [0.2, 0.25) is 0 Å². The maximum absolute atomic E-state index is 5.76. The van der Waals surface area contributed by atoms with Crippen molar-refractivity contribution in [1.29, 1.82) is 0 Å². The van der Waals surface area contributed by atoms with Crippen molar-refractivity contribution in [2.75, 3.05) is 13.7 Å². The fourth-order valence-electron chi connectivity index (χ4n) is 1.17. The summed E-state index contributed by atoms with van der Waals surface area (Å²) < 4.78 is 10.9. The molecule has 1 aromatic carbocycles. The van der Waals surface area contributed by atoms with Crippen molar-refractivity contribution in [2.45, 2.75) is 19.7 Å². The minimum atomic E-state index is 0.488. The second-order valence-electron chi connectivity index (χ2n) is 3.82. The second kappa shape index (κ2) is 5.86. The first-order chi connectivity index (χ1) is 7.17. The molecular weight excluding hydrogens is 212 g/mol. The average molecular weight is 229 g/mol. The molecule has 0 bridgehead atoms. The number of alkyl halides is 1. The highest BCUT2D eigenvalue weighted by Crippen LogP contribution is 2.28. The van der Waals surface area contributed by atoms with Gasteiger partial charge in [-0.05, 0) is 23.6 Å². The van der Waals surface area contributed by atoms with Gasteiger partial charge in [0.2, 0.25) is 0 Å². The second-order valence-corrected chi connectivity index (χ2v) is 4.09. The highest BCUT2D eigenvalue weighted by molar-refractivity contribution is 6.17. The molecule has 0 fully saturated rings. The zero-order valence-electron chi connectivity index (χ0n) is 9.42. The van der Waals surface area contributed by atoms with E-state index < -0.39 is 0 Å². The number of halogens is 1. The lowest BCUT2D eigenvalue weighted by atomic mass is 10.2. The van der Waals surface area contributed by atoms with Crippen molar-refractivity contribution in [2.24, 2.45) is 5.92 Å². The molecule has 0 saturated heterocycles. The van der Waals surface area contributed by atoms with E-state index in [-0.39, 0.29) is 0 Å². The molecule has 0 aliphatic heterocycles. The van der Waals surface area contributed by atoms with E-state index in [1.54, 1.807) is 7.11 Å². The number of benzene rings is 1. The Morgan fingerprint density at radius 1 is 1.27 bits per heavy atom. The largest absolute Gasteiger partial charge is 0.493 e. The monoisotopic (exact) mass is 228 g/mol. The van der Waals surface area contributed by atoms with Gasteiger partial charge in [0.25, 0.3) is 0 Å². The fraction of sp³-hybridized carbons (Fsp3) is 0.500. The summed E-state index contributed by atoms with van der Waals surface area (Å²) in [5.74, 6) is 2.51. The van der Waals surface area contributed by atoms with Crippen molar-refractivity contribution in [3.63, 3.8) is 0 Å². The van der Waals surface area contributed by atoms with Crippen LogP contribution in [0.4, 0.5) is 0 Å². The minimum absolute atomic E-state index is 0.488. The predicted octanol–water partition coefficient (Wildman–Crippen LogP) is 3.47. The molecule has 15 heavy (non-hydrogen) atoms. The van der Waals surface area contributed by atoms with Crippen molar-refractivity contribution in [3.8, 4) is 11.5 Å². The molecule has 0 aromatic heterocycles. The molecule has 0 unspecified atom stereocenters. The van der Waals surface area contributed by atoms with Gasteiger partial charge >= 0.3 is 0 Å². The molecule has 0 N–H and O–H groups in total. The molecule has 2 nitrogen and oxygen atoms in total. The Labute approximate surface area is 96.2 Å². The summed E-state index contributed by atoms with van der Waals surface area (Å²) in [6.07, 6.45) is 0. The molecule has 84 valence electrons. The number of hydrogen-bond donors (Lipinski definition) is 0. The molecule has 0 radical (unpaired) electrons. The minimum Gasteiger partial charge on any atom is -0.493 e. The zero-order valence-corrected chi connectivity index (χ0v) is 10.2. The third-order valence-electron chi connectivity index (χ3n) is 1.95. The maximum Gasteiger partial charge on any atom is 0.161 e. The Bertz CT molecular complexity index is 310. The van der Waals surface area contributed by atoms with Crippen LogP contribution < -0.4 is 9.47 Å². The van der Waals surface area contributed by atoms with Gasteiger partial charge in [-0.15, -0.1) is 11.6 Å². The first kappa shape index (κ1) is 12.2. The average Bonchev–Trinajstić information content (AvgIpc) is 2.25. The van der Waals surface area contributed by atoms with Crippen LogP contribution in [-0.4, -0.2) is 13.7 Å². The lowest BCUT2D eigenvalue weighted by molar-refractivity contribution is 0.256. The van der Waals surface area contributed by atoms with Crippen LogP contribution in [0.5, 0.6) is 11.5 Å². The highest BCUT2D eigenvalue weighted by Gasteiger charge is 2.06. The molecule has 0 atom stereocenters. The van der Waals surface area contributed by atoms with Gasteiger partial charge in [-0.1, -0.05) is 19.9 Å². The van der Waals surface area contributed by atoms with E-state index in [4.69, 9.17) is 21.1 Å². The zero-order chi connectivity index (χ0) is 11.3. The van der Waals surface area contributed by atoms with Crippen LogP contribution in [0.15, 0.2) is 18.2 Å². The number of rotatable bonds is 5. The first-order valence-electron chi connectivity index (χ1n) is 5.03. The summed E-state index contributed by atoms with van der Waals surface area (Å²) in [7, 11) is 1.64. The Morgan fingerprint density at radius 2 is 2.00 bits per heavy atom. The highest BCUT2D eigenvalue weighted by atomic mass is 35.5. The Balaban J connectivity index is 2.81. The number of methoxy groups -OCH3 is 1. The summed E-state index contributed by atoms with van der Waals surface area (Å²) >= 11 is 5.76. The molecule has 1 rings (SSSR count). The topological polar surface area (TPSA) is 18.5 Å². The Kier molecular flexibility index (Phi) is 4.76.